The molecular formula is C18H26Fe. The Morgan fingerprint density at radius 3 is 1.26 bits per heavy atom. The number of rotatable bonds is 4. The van der Waals surface area contributed by atoms with Crippen molar-refractivity contribution in [1.82, 2.24) is 0 Å². The van der Waals surface area contributed by atoms with E-state index in [9.17, 15) is 0 Å². The van der Waals surface area contributed by atoms with E-state index in [0.717, 1.165) is 20.5 Å². The summed E-state index contributed by atoms with van der Waals surface area (Å²) in [5.74, 6) is 2.01. The molecule has 0 aromatic heterocycles. The molecular weight excluding hydrogens is 272 g/mol. The van der Waals surface area contributed by atoms with Crippen LogP contribution in [-0.2, 0) is 6.51 Å². The van der Waals surface area contributed by atoms with E-state index in [-0.39, 0.29) is 0 Å². The topological polar surface area (TPSA) is 0 Å². The van der Waals surface area contributed by atoms with Crippen LogP contribution in [0.5, 0.6) is 0 Å². The van der Waals surface area contributed by atoms with Crippen LogP contribution < -0.4 is 0 Å². The molecule has 0 nitrogen and oxygen atoms in total. The summed E-state index contributed by atoms with van der Waals surface area (Å²) in [6, 6.07) is 0. The summed E-state index contributed by atoms with van der Waals surface area (Å²) in [5, 5.41) is 0. The molecule has 0 amide bonds. The van der Waals surface area contributed by atoms with Gasteiger partial charge in [0.05, 0.1) is 0 Å². The summed E-state index contributed by atoms with van der Waals surface area (Å²) in [5.41, 5.74) is 0. The molecule has 10 rings (SSSR count). The molecule has 0 saturated carbocycles. The van der Waals surface area contributed by atoms with Gasteiger partial charge >= 0.3 is 106 Å². The van der Waals surface area contributed by atoms with Gasteiger partial charge in [-0.05, 0) is 0 Å². The second-order valence-electron chi connectivity index (χ2n) is 13.2. The fourth-order valence-electron chi connectivity index (χ4n) is 19.8. The van der Waals surface area contributed by atoms with Crippen molar-refractivity contribution in [2.75, 3.05) is 0 Å². The van der Waals surface area contributed by atoms with Crippen molar-refractivity contribution in [2.24, 2.45) is 11.8 Å². The molecule has 19 heavy (non-hydrogen) atoms. The van der Waals surface area contributed by atoms with Crippen molar-refractivity contribution in [1.29, 1.82) is 0 Å². The number of hydrogen-bond acceptors (Lipinski definition) is 0. The van der Waals surface area contributed by atoms with Gasteiger partial charge in [0.25, 0.3) is 0 Å². The molecule has 10 aliphatic rings. The maximum absolute atomic E-state index is 2.91. The van der Waals surface area contributed by atoms with Crippen molar-refractivity contribution in [3.8, 4) is 0 Å². The Balaban J connectivity index is 1.50. The van der Waals surface area contributed by atoms with Gasteiger partial charge in [-0.1, -0.05) is 0 Å². The third-order valence-electron chi connectivity index (χ3n) is 16.9. The zero-order chi connectivity index (χ0) is 12.5. The summed E-state index contributed by atoms with van der Waals surface area (Å²) in [4.78, 5) is 12.1. The third kappa shape index (κ3) is 0.0896. The van der Waals surface area contributed by atoms with E-state index in [1.807, 2.05) is 0 Å². The van der Waals surface area contributed by atoms with Crippen molar-refractivity contribution in [3.05, 3.63) is 0 Å². The van der Waals surface area contributed by atoms with E-state index < -0.39 is 6.51 Å². The summed E-state index contributed by atoms with van der Waals surface area (Å²) >= 11 is 0. The quantitative estimate of drug-likeness (QED) is 0.541. The Labute approximate surface area is 106 Å². The second kappa shape index (κ2) is 0.709. The Morgan fingerprint density at radius 2 is 1.05 bits per heavy atom. The Morgan fingerprint density at radius 1 is 0.684 bits per heavy atom. The molecule has 1 heteroatoms. The molecule has 10 aliphatic heterocycles. The van der Waals surface area contributed by atoms with E-state index in [4.69, 9.17) is 0 Å². The van der Waals surface area contributed by atoms with E-state index >= 15 is 0 Å². The second-order valence-corrected chi connectivity index (χ2v) is 36.7. The van der Waals surface area contributed by atoms with Crippen LogP contribution in [0.3, 0.4) is 0 Å². The molecule has 0 aliphatic carbocycles. The molecule has 0 aromatic carbocycles. The first-order valence-corrected chi connectivity index (χ1v) is 15.2. The van der Waals surface area contributed by atoms with Crippen LogP contribution in [0.25, 0.3) is 0 Å². The van der Waals surface area contributed by atoms with Crippen LogP contribution in [-0.4, -0.2) is 0 Å². The van der Waals surface area contributed by atoms with Crippen LogP contribution in [0.2, 0.25) is 47.2 Å². The van der Waals surface area contributed by atoms with Crippen molar-refractivity contribution < 1.29 is 6.51 Å². The third-order valence-corrected chi connectivity index (χ3v) is 61.0. The van der Waals surface area contributed by atoms with Gasteiger partial charge in [0, 0.05) is 0 Å². The molecule has 0 radical (unpaired) electrons. The summed E-state index contributed by atoms with van der Waals surface area (Å²) in [7, 11) is 0. The predicted molar refractivity (Wildman–Crippen MR) is 74.3 cm³/mol. The van der Waals surface area contributed by atoms with Gasteiger partial charge in [0.1, 0.15) is 0 Å². The molecule has 0 N–H and O–H groups in total. The normalized spacial score (nSPS) is 113. The van der Waals surface area contributed by atoms with Crippen LogP contribution >= 0.6 is 0 Å². The zero-order valence-electron chi connectivity index (χ0n) is 12.5. The fourth-order valence-corrected chi connectivity index (χ4v) is 98.1. The maximum atomic E-state index is 2.55. The summed E-state index contributed by atoms with van der Waals surface area (Å²) in [6.07, 6.45) is 3.45. The van der Waals surface area contributed by atoms with Crippen LogP contribution in [0, 0.1) is 11.8 Å². The average molecular weight is 298 g/mol. The minimum absolute atomic E-state index is 1.00. The van der Waals surface area contributed by atoms with E-state index in [1.54, 1.807) is 12.8 Å². The molecule has 106 valence electrons. The first-order chi connectivity index (χ1) is 8.77. The molecule has 4 unspecified atom stereocenters. The standard InChI is InChI=1S/C13H21.C5H5.Fe/c1-10(2)8-12-6-5-7-13(12)9-11(3)4;1-2-4-5-3-1;/h5-7,10-11H,8-9H2,1-4H3;1-5H;. The average Bonchev–Trinajstić information content (AvgIpc) is 3.23. The molecule has 0 aromatic rings. The molecule has 10 saturated heterocycles. The first kappa shape index (κ1) is 8.23. The van der Waals surface area contributed by atoms with Crippen molar-refractivity contribution >= 4 is 0 Å². The van der Waals surface area contributed by atoms with Crippen LogP contribution in [0.4, 0.5) is 0 Å². The predicted octanol–water partition coefficient (Wildman–Crippen LogP) is 6.21. The molecule has 10 heterocycles. The van der Waals surface area contributed by atoms with Crippen molar-refractivity contribution in [3.63, 3.8) is 0 Å². The van der Waals surface area contributed by atoms with Gasteiger partial charge in [-0.15, -0.1) is 0 Å². The van der Waals surface area contributed by atoms with Gasteiger partial charge in [0.15, 0.2) is 0 Å². The van der Waals surface area contributed by atoms with Gasteiger partial charge < -0.3 is 0 Å². The number of hydrogen-bond donors (Lipinski definition) is 0. The SMILES string of the molecule is CC(C)C[C]12[CH]3[CH]4[CH]5[C]1(CC(C)C)[Fe]43521678[CH]2[CH]1[CH]6[CH]7[CH]28. The molecule has 10 fully saturated rings. The minimum atomic E-state index is -2.91. The van der Waals surface area contributed by atoms with Gasteiger partial charge in [-0.2, -0.15) is 0 Å². The monoisotopic (exact) mass is 298 g/mol. The molecule has 0 bridgehead atoms. The van der Waals surface area contributed by atoms with Gasteiger partial charge in [-0.3, -0.25) is 0 Å². The van der Waals surface area contributed by atoms with Crippen LogP contribution in [0.1, 0.15) is 40.5 Å². The Hall–Kier alpha value is 0.519. The van der Waals surface area contributed by atoms with E-state index in [2.05, 4.69) is 27.7 Å². The molecule has 1 spiro atoms. The van der Waals surface area contributed by atoms with Crippen LogP contribution in [0.15, 0.2) is 0 Å². The van der Waals surface area contributed by atoms with E-state index in [1.165, 1.54) is 38.5 Å². The van der Waals surface area contributed by atoms with Gasteiger partial charge in [0.2, 0.25) is 0 Å². The first-order valence-electron chi connectivity index (χ1n) is 8.98. The summed E-state index contributed by atoms with van der Waals surface area (Å²) in [6.45, 7) is 7.29. The van der Waals surface area contributed by atoms with Crippen molar-refractivity contribution in [2.45, 2.75) is 87.7 Å². The molecule has 4 atom stereocenters. The summed E-state index contributed by atoms with van der Waals surface area (Å²) < 4.78 is 2.29. The Bertz CT molecular complexity index is 929. The zero-order valence-corrected chi connectivity index (χ0v) is 13.6. The van der Waals surface area contributed by atoms with Gasteiger partial charge in [-0.25, -0.2) is 0 Å². The fraction of sp³-hybridized carbons (Fsp3) is 1.00. The van der Waals surface area contributed by atoms with E-state index in [0.29, 0.717) is 0 Å². The number of fused-ring (bicyclic) bond motifs is 10. The Kier molecular flexibility index (Phi) is 0.307.